The molecule has 2 fully saturated rings. The average Bonchev–Trinajstić information content (AvgIpc) is 3.34. The minimum absolute atomic E-state index is 0.0709. The molecule has 1 spiro atoms. The SMILES string of the molecule is CC1=CC[C@H](C(=O)N(c2csc(C(C)(C)C)c2)C2CCC3(CC2)OCCO3)[C@@H](C)C1. The third-order valence-corrected chi connectivity index (χ3v) is 8.45. The van der Waals surface area contributed by atoms with Gasteiger partial charge < -0.3 is 14.4 Å². The van der Waals surface area contributed by atoms with Crippen LogP contribution in [0.3, 0.4) is 0 Å². The fourth-order valence-corrected chi connectivity index (χ4v) is 6.24. The van der Waals surface area contributed by atoms with Gasteiger partial charge in [-0.3, -0.25) is 4.79 Å². The third kappa shape index (κ3) is 4.39. The molecular weight excluding hydrogens is 394 g/mol. The van der Waals surface area contributed by atoms with Gasteiger partial charge in [-0.2, -0.15) is 0 Å². The van der Waals surface area contributed by atoms with Crippen molar-refractivity contribution in [2.45, 2.75) is 90.4 Å². The highest BCUT2D eigenvalue weighted by atomic mass is 32.1. The molecule has 1 amide bonds. The van der Waals surface area contributed by atoms with Crippen LogP contribution >= 0.6 is 11.3 Å². The topological polar surface area (TPSA) is 38.8 Å². The zero-order valence-electron chi connectivity index (χ0n) is 19.2. The number of ether oxygens (including phenoxy) is 2. The molecule has 2 atom stereocenters. The number of anilines is 1. The number of thiophene rings is 1. The Morgan fingerprint density at radius 3 is 2.43 bits per heavy atom. The normalized spacial score (nSPS) is 27.3. The van der Waals surface area contributed by atoms with E-state index in [0.717, 1.165) is 44.2 Å². The Morgan fingerprint density at radius 2 is 1.87 bits per heavy atom. The highest BCUT2D eigenvalue weighted by Crippen LogP contribution is 2.42. The summed E-state index contributed by atoms with van der Waals surface area (Å²) >= 11 is 1.78. The number of allylic oxidation sites excluding steroid dienone is 2. The van der Waals surface area contributed by atoms with E-state index in [1.54, 1.807) is 11.3 Å². The predicted octanol–water partition coefficient (Wildman–Crippen LogP) is 6.06. The Hall–Kier alpha value is -1.17. The highest BCUT2D eigenvalue weighted by Gasteiger charge is 2.44. The van der Waals surface area contributed by atoms with E-state index in [2.05, 4.69) is 57.0 Å². The molecule has 4 nitrogen and oxygen atoms in total. The molecule has 1 aliphatic heterocycles. The summed E-state index contributed by atoms with van der Waals surface area (Å²) in [4.78, 5) is 17.4. The van der Waals surface area contributed by atoms with Crippen molar-refractivity contribution in [2.75, 3.05) is 18.1 Å². The summed E-state index contributed by atoms with van der Waals surface area (Å²) in [6.45, 7) is 12.5. The van der Waals surface area contributed by atoms with Crippen molar-refractivity contribution in [1.82, 2.24) is 0 Å². The van der Waals surface area contributed by atoms with Crippen molar-refractivity contribution in [3.8, 4) is 0 Å². The lowest BCUT2D eigenvalue weighted by atomic mass is 9.79. The van der Waals surface area contributed by atoms with Gasteiger partial charge in [0.2, 0.25) is 5.91 Å². The maximum Gasteiger partial charge on any atom is 0.230 e. The van der Waals surface area contributed by atoms with E-state index in [1.165, 1.54) is 10.5 Å². The second-order valence-electron chi connectivity index (χ2n) is 10.5. The minimum atomic E-state index is -0.394. The van der Waals surface area contributed by atoms with Crippen molar-refractivity contribution in [3.05, 3.63) is 28.0 Å². The van der Waals surface area contributed by atoms with Crippen LogP contribution in [-0.2, 0) is 19.7 Å². The van der Waals surface area contributed by atoms with E-state index in [0.29, 0.717) is 25.0 Å². The number of nitrogens with zero attached hydrogens (tertiary/aromatic N) is 1. The fourth-order valence-electron chi connectivity index (χ4n) is 5.27. The van der Waals surface area contributed by atoms with Crippen LogP contribution < -0.4 is 4.90 Å². The predicted molar refractivity (Wildman–Crippen MR) is 123 cm³/mol. The molecule has 4 rings (SSSR count). The summed E-state index contributed by atoms with van der Waals surface area (Å²) in [6, 6.07) is 2.47. The first kappa shape index (κ1) is 22.0. The summed E-state index contributed by atoms with van der Waals surface area (Å²) in [5.41, 5.74) is 2.60. The molecule has 5 heteroatoms. The van der Waals surface area contributed by atoms with Crippen LogP contribution in [0, 0.1) is 11.8 Å². The maximum absolute atomic E-state index is 13.9. The van der Waals surface area contributed by atoms with E-state index in [-0.39, 0.29) is 17.4 Å². The van der Waals surface area contributed by atoms with E-state index >= 15 is 0 Å². The monoisotopic (exact) mass is 431 g/mol. The van der Waals surface area contributed by atoms with Crippen molar-refractivity contribution >= 4 is 22.9 Å². The Labute approximate surface area is 185 Å². The van der Waals surface area contributed by atoms with Crippen LogP contribution in [-0.4, -0.2) is 30.9 Å². The number of amides is 1. The zero-order chi connectivity index (χ0) is 21.5. The summed E-state index contributed by atoms with van der Waals surface area (Å²) in [5.74, 6) is 0.372. The van der Waals surface area contributed by atoms with Gasteiger partial charge in [-0.05, 0) is 50.0 Å². The summed E-state index contributed by atoms with van der Waals surface area (Å²) in [5, 5.41) is 2.19. The van der Waals surface area contributed by atoms with Crippen LogP contribution in [0.25, 0.3) is 0 Å². The molecular formula is C25H37NO3S. The summed E-state index contributed by atoms with van der Waals surface area (Å²) in [6.07, 6.45) is 7.77. The Kier molecular flexibility index (Phi) is 6.17. The lowest BCUT2D eigenvalue weighted by Gasteiger charge is -2.42. The molecule has 1 saturated carbocycles. The molecule has 1 aromatic heterocycles. The Bertz CT molecular complexity index is 790. The summed E-state index contributed by atoms with van der Waals surface area (Å²) < 4.78 is 11.9. The van der Waals surface area contributed by atoms with Gasteiger partial charge in [0.1, 0.15) is 0 Å². The number of rotatable bonds is 3. The van der Waals surface area contributed by atoms with Crippen LogP contribution in [0.2, 0.25) is 0 Å². The molecule has 166 valence electrons. The van der Waals surface area contributed by atoms with Crippen LogP contribution in [0.15, 0.2) is 23.1 Å². The van der Waals surface area contributed by atoms with Crippen molar-refractivity contribution in [1.29, 1.82) is 0 Å². The number of carbonyl (C=O) groups excluding carboxylic acids is 1. The van der Waals surface area contributed by atoms with Gasteiger partial charge in [0.15, 0.2) is 5.79 Å². The standard InChI is InChI=1S/C25H37NO3S/c1-17-6-7-21(18(2)14-17)23(27)26(20-15-22(30-16-20)24(3,4)5)19-8-10-25(11-9-19)28-12-13-29-25/h6,15-16,18-19,21H,7-14H2,1-5H3/t18-,21-/m0/s1. The van der Waals surface area contributed by atoms with Crippen LogP contribution in [0.4, 0.5) is 5.69 Å². The van der Waals surface area contributed by atoms with Gasteiger partial charge in [0.05, 0.1) is 18.9 Å². The van der Waals surface area contributed by atoms with Crippen molar-refractivity contribution in [3.63, 3.8) is 0 Å². The van der Waals surface area contributed by atoms with E-state index < -0.39 is 5.79 Å². The second kappa shape index (κ2) is 8.40. The van der Waals surface area contributed by atoms with Gasteiger partial charge in [-0.15, -0.1) is 11.3 Å². The molecule has 0 aromatic carbocycles. The molecule has 30 heavy (non-hydrogen) atoms. The largest absolute Gasteiger partial charge is 0.348 e. The molecule has 2 aliphatic carbocycles. The number of carbonyl (C=O) groups is 1. The quantitative estimate of drug-likeness (QED) is 0.546. The first-order valence-electron chi connectivity index (χ1n) is 11.5. The first-order chi connectivity index (χ1) is 14.2. The van der Waals surface area contributed by atoms with Gasteiger partial charge in [0, 0.05) is 35.1 Å². The molecule has 0 unspecified atom stereocenters. The number of hydrogen-bond donors (Lipinski definition) is 0. The molecule has 0 bridgehead atoms. The first-order valence-corrected chi connectivity index (χ1v) is 12.4. The smallest absolute Gasteiger partial charge is 0.230 e. The minimum Gasteiger partial charge on any atom is -0.348 e. The summed E-state index contributed by atoms with van der Waals surface area (Å²) in [7, 11) is 0. The molecule has 1 saturated heterocycles. The maximum atomic E-state index is 13.9. The molecule has 2 heterocycles. The molecule has 0 radical (unpaired) electrons. The second-order valence-corrected chi connectivity index (χ2v) is 11.5. The molecule has 3 aliphatic rings. The number of hydrogen-bond acceptors (Lipinski definition) is 4. The fraction of sp³-hybridized carbons (Fsp3) is 0.720. The van der Waals surface area contributed by atoms with Gasteiger partial charge >= 0.3 is 0 Å². The van der Waals surface area contributed by atoms with E-state index in [1.807, 2.05) is 0 Å². The molecule has 1 aromatic rings. The molecule has 0 N–H and O–H groups in total. The average molecular weight is 432 g/mol. The Morgan fingerprint density at radius 1 is 1.20 bits per heavy atom. The van der Waals surface area contributed by atoms with Crippen molar-refractivity contribution in [2.24, 2.45) is 11.8 Å². The zero-order valence-corrected chi connectivity index (χ0v) is 20.0. The van der Waals surface area contributed by atoms with Gasteiger partial charge in [0.25, 0.3) is 0 Å². The van der Waals surface area contributed by atoms with Crippen LogP contribution in [0.1, 0.15) is 78.0 Å². The van der Waals surface area contributed by atoms with Crippen molar-refractivity contribution < 1.29 is 14.3 Å². The lowest BCUT2D eigenvalue weighted by Crippen LogP contribution is -2.49. The van der Waals surface area contributed by atoms with E-state index in [9.17, 15) is 4.79 Å². The van der Waals surface area contributed by atoms with Crippen LogP contribution in [0.5, 0.6) is 0 Å². The lowest BCUT2D eigenvalue weighted by molar-refractivity contribution is -0.179. The van der Waals surface area contributed by atoms with Gasteiger partial charge in [-0.1, -0.05) is 39.3 Å². The van der Waals surface area contributed by atoms with E-state index in [4.69, 9.17) is 9.47 Å². The third-order valence-electron chi connectivity index (χ3n) is 7.10. The van der Waals surface area contributed by atoms with Gasteiger partial charge in [-0.25, -0.2) is 0 Å². The Balaban J connectivity index is 1.60. The highest BCUT2D eigenvalue weighted by molar-refractivity contribution is 7.10.